The van der Waals surface area contributed by atoms with Gasteiger partial charge in [-0.15, -0.1) is 10.2 Å². The lowest BCUT2D eigenvalue weighted by atomic mass is 10.0. The van der Waals surface area contributed by atoms with Gasteiger partial charge in [0.15, 0.2) is 17.3 Å². The van der Waals surface area contributed by atoms with Crippen molar-refractivity contribution < 1.29 is 18.3 Å². The maximum atomic E-state index is 14.9. The van der Waals surface area contributed by atoms with Crippen molar-refractivity contribution in [2.24, 2.45) is 5.92 Å². The Balaban J connectivity index is 1.89. The molecule has 0 bridgehead atoms. The van der Waals surface area contributed by atoms with Gasteiger partial charge in [0.05, 0.1) is 11.3 Å². The van der Waals surface area contributed by atoms with E-state index in [0.29, 0.717) is 28.0 Å². The van der Waals surface area contributed by atoms with Gasteiger partial charge in [-0.1, -0.05) is 50.7 Å². The molecule has 0 aliphatic carbocycles. The lowest BCUT2D eigenvalue weighted by molar-refractivity contribution is -0.118. The first kappa shape index (κ1) is 24.1. The number of amides is 1. The van der Waals surface area contributed by atoms with E-state index in [1.54, 1.807) is 6.07 Å². The Morgan fingerprint density at radius 2 is 2.00 bits per heavy atom. The minimum Gasteiger partial charge on any atom is -0.447 e. The zero-order valence-electron chi connectivity index (χ0n) is 19.5. The molecule has 2 aromatic carbocycles. The van der Waals surface area contributed by atoms with Gasteiger partial charge in [-0.25, -0.2) is 8.78 Å². The molecule has 0 saturated carbocycles. The minimum atomic E-state index is -1.27. The topological polar surface area (TPSA) is 68.2 Å². The Kier molecular flexibility index (Phi) is 7.11. The van der Waals surface area contributed by atoms with E-state index in [4.69, 9.17) is 4.74 Å². The molecular weight excluding hydrogens is 458 g/mol. The summed E-state index contributed by atoms with van der Waals surface area (Å²) in [6, 6.07) is 9.36. The number of carbonyl (C=O) groups excluding carboxylic acids is 1. The normalized spacial score (nSPS) is 14.9. The second-order valence-electron chi connectivity index (χ2n) is 8.49. The van der Waals surface area contributed by atoms with Crippen LogP contribution in [0.5, 0.6) is 5.88 Å². The van der Waals surface area contributed by atoms with E-state index in [9.17, 15) is 13.6 Å². The third-order valence-corrected chi connectivity index (χ3v) is 6.46. The standard InChI is InChI=1S/C25H26F2N4O2S/c1-5-16-9-10-20-18(13-16)22-23(28-25(30-29-22)34-12-11-14(2)3)33-24(31(20)15(4)32)17-7-6-8-19(26)21(17)27/h6-10,13-14,24H,5,11-12H2,1-4H3. The fourth-order valence-electron chi connectivity index (χ4n) is 3.73. The molecule has 4 rings (SSSR count). The molecule has 1 amide bonds. The summed E-state index contributed by atoms with van der Waals surface area (Å²) in [4.78, 5) is 18.7. The van der Waals surface area contributed by atoms with Crippen molar-refractivity contribution in [3.63, 3.8) is 0 Å². The van der Waals surface area contributed by atoms with Crippen LogP contribution in [0.1, 0.15) is 51.5 Å². The van der Waals surface area contributed by atoms with Crippen LogP contribution in [0, 0.1) is 17.6 Å². The summed E-state index contributed by atoms with van der Waals surface area (Å²) in [6.07, 6.45) is 0.463. The van der Waals surface area contributed by atoms with E-state index in [1.165, 1.54) is 35.7 Å². The van der Waals surface area contributed by atoms with E-state index >= 15 is 0 Å². The summed E-state index contributed by atoms with van der Waals surface area (Å²) in [5, 5.41) is 9.08. The summed E-state index contributed by atoms with van der Waals surface area (Å²) in [5.41, 5.74) is 2.32. The van der Waals surface area contributed by atoms with E-state index in [-0.39, 0.29) is 11.4 Å². The van der Waals surface area contributed by atoms with E-state index in [0.717, 1.165) is 30.2 Å². The van der Waals surface area contributed by atoms with Gasteiger partial charge in [-0.05, 0) is 42.5 Å². The van der Waals surface area contributed by atoms with Crippen LogP contribution < -0.4 is 9.64 Å². The maximum Gasteiger partial charge on any atom is 0.247 e. The number of aromatic nitrogens is 3. The van der Waals surface area contributed by atoms with Crippen molar-refractivity contribution >= 4 is 23.4 Å². The summed E-state index contributed by atoms with van der Waals surface area (Å²) in [6.45, 7) is 7.64. The van der Waals surface area contributed by atoms with Crippen LogP contribution in [0.4, 0.5) is 14.5 Å². The van der Waals surface area contributed by atoms with Crippen LogP contribution in [-0.4, -0.2) is 26.8 Å². The monoisotopic (exact) mass is 484 g/mol. The highest BCUT2D eigenvalue weighted by molar-refractivity contribution is 7.99. The van der Waals surface area contributed by atoms with Gasteiger partial charge in [0.25, 0.3) is 0 Å². The molecule has 0 fully saturated rings. The van der Waals surface area contributed by atoms with Crippen molar-refractivity contribution in [3.8, 4) is 17.1 Å². The first-order valence-electron chi connectivity index (χ1n) is 11.2. The smallest absolute Gasteiger partial charge is 0.247 e. The number of aryl methyl sites for hydroxylation is 1. The Hall–Kier alpha value is -3.07. The highest BCUT2D eigenvalue weighted by Gasteiger charge is 2.36. The Labute approximate surface area is 201 Å². The fraction of sp³-hybridized carbons (Fsp3) is 0.360. The van der Waals surface area contributed by atoms with E-state index < -0.39 is 23.8 Å². The number of thioether (sulfide) groups is 1. The molecule has 1 atom stereocenters. The number of benzene rings is 2. The molecule has 3 aromatic rings. The molecule has 1 aliphatic heterocycles. The number of hydrogen-bond acceptors (Lipinski definition) is 6. The Bertz CT molecular complexity index is 1220. The van der Waals surface area contributed by atoms with Gasteiger partial charge in [0.2, 0.25) is 23.2 Å². The van der Waals surface area contributed by atoms with Crippen LogP contribution in [0.25, 0.3) is 11.3 Å². The first-order chi connectivity index (χ1) is 16.3. The zero-order valence-corrected chi connectivity index (χ0v) is 20.3. The summed E-state index contributed by atoms with van der Waals surface area (Å²) in [7, 11) is 0. The molecule has 1 unspecified atom stereocenters. The van der Waals surface area contributed by atoms with Gasteiger partial charge < -0.3 is 4.74 Å². The summed E-state index contributed by atoms with van der Waals surface area (Å²) < 4.78 is 35.2. The Morgan fingerprint density at radius 3 is 2.71 bits per heavy atom. The second-order valence-corrected chi connectivity index (χ2v) is 9.55. The van der Waals surface area contributed by atoms with Gasteiger partial charge in [-0.3, -0.25) is 9.69 Å². The lowest BCUT2D eigenvalue weighted by Crippen LogP contribution is -2.36. The van der Waals surface area contributed by atoms with Gasteiger partial charge in [0.1, 0.15) is 0 Å². The highest BCUT2D eigenvalue weighted by atomic mass is 32.2. The highest BCUT2D eigenvalue weighted by Crippen LogP contribution is 2.44. The lowest BCUT2D eigenvalue weighted by Gasteiger charge is -2.30. The molecule has 0 saturated heterocycles. The van der Waals surface area contributed by atoms with Crippen molar-refractivity contribution in [2.75, 3.05) is 10.7 Å². The second kappa shape index (κ2) is 10.0. The quantitative estimate of drug-likeness (QED) is 0.402. The predicted octanol–water partition coefficient (Wildman–Crippen LogP) is 5.96. The number of nitrogens with zero attached hydrogens (tertiary/aromatic N) is 4. The largest absolute Gasteiger partial charge is 0.447 e. The average molecular weight is 485 g/mol. The van der Waals surface area contributed by atoms with E-state index in [1.807, 2.05) is 19.1 Å². The molecule has 0 N–H and O–H groups in total. The molecule has 9 heteroatoms. The molecule has 34 heavy (non-hydrogen) atoms. The average Bonchev–Trinajstić information content (AvgIpc) is 2.94. The third-order valence-electron chi connectivity index (χ3n) is 5.59. The molecule has 178 valence electrons. The number of rotatable bonds is 6. The van der Waals surface area contributed by atoms with Crippen molar-refractivity contribution in [3.05, 3.63) is 59.2 Å². The van der Waals surface area contributed by atoms with Crippen LogP contribution in [0.15, 0.2) is 41.6 Å². The summed E-state index contributed by atoms with van der Waals surface area (Å²) in [5.74, 6) is -1.05. The molecule has 0 radical (unpaired) electrons. The van der Waals surface area contributed by atoms with Crippen molar-refractivity contribution in [1.82, 2.24) is 15.2 Å². The van der Waals surface area contributed by atoms with Gasteiger partial charge in [0, 0.05) is 18.2 Å². The van der Waals surface area contributed by atoms with Crippen LogP contribution in [-0.2, 0) is 11.2 Å². The molecular formula is C25H26F2N4O2S. The van der Waals surface area contributed by atoms with Crippen molar-refractivity contribution in [2.45, 2.75) is 51.9 Å². The molecule has 2 heterocycles. The fourth-order valence-corrected chi connectivity index (χ4v) is 4.75. The molecule has 6 nitrogen and oxygen atoms in total. The van der Waals surface area contributed by atoms with Gasteiger partial charge in [-0.2, -0.15) is 4.98 Å². The first-order valence-corrected chi connectivity index (χ1v) is 12.2. The zero-order chi connectivity index (χ0) is 24.4. The predicted molar refractivity (Wildman–Crippen MR) is 128 cm³/mol. The maximum absolute atomic E-state index is 14.9. The number of ether oxygens (including phenoxy) is 1. The molecule has 1 aromatic heterocycles. The van der Waals surface area contributed by atoms with Crippen LogP contribution in [0.3, 0.4) is 0 Å². The Morgan fingerprint density at radius 1 is 1.21 bits per heavy atom. The summed E-state index contributed by atoms with van der Waals surface area (Å²) >= 11 is 1.45. The number of hydrogen-bond donors (Lipinski definition) is 0. The number of carbonyl (C=O) groups is 1. The SMILES string of the molecule is CCc1ccc2c(c1)-c1nnc(SCCC(C)C)nc1OC(c1cccc(F)c1F)N2C(C)=O. The molecule has 1 aliphatic rings. The third kappa shape index (κ3) is 4.75. The molecule has 0 spiro atoms. The van der Waals surface area contributed by atoms with E-state index in [2.05, 4.69) is 29.0 Å². The van der Waals surface area contributed by atoms with Crippen LogP contribution >= 0.6 is 11.8 Å². The minimum absolute atomic E-state index is 0.110. The van der Waals surface area contributed by atoms with Gasteiger partial charge >= 0.3 is 0 Å². The van der Waals surface area contributed by atoms with Crippen LogP contribution in [0.2, 0.25) is 0 Å². The number of anilines is 1. The number of fused-ring (bicyclic) bond motifs is 3. The van der Waals surface area contributed by atoms with Crippen molar-refractivity contribution in [1.29, 1.82) is 0 Å². The number of halogens is 2.